The molecule has 0 saturated heterocycles. The zero-order valence-electron chi connectivity index (χ0n) is 7.97. The van der Waals surface area contributed by atoms with E-state index in [-0.39, 0.29) is 18.2 Å². The predicted octanol–water partition coefficient (Wildman–Crippen LogP) is -1.91. The number of hydrogen-bond acceptors (Lipinski definition) is 4. The Morgan fingerprint density at radius 2 is 2.13 bits per heavy atom. The van der Waals surface area contributed by atoms with Gasteiger partial charge < -0.3 is 0 Å². The zero-order chi connectivity index (χ0) is 11.8. The average molecular weight is 280 g/mol. The Balaban J connectivity index is 4.09. The zero-order valence-corrected chi connectivity index (χ0v) is 9.85. The van der Waals surface area contributed by atoms with Crippen LogP contribution in [0.4, 0.5) is 0 Å². The van der Waals surface area contributed by atoms with Crippen molar-refractivity contribution in [3.8, 4) is 0 Å². The van der Waals surface area contributed by atoms with Gasteiger partial charge in [-0.15, -0.1) is 0 Å². The van der Waals surface area contributed by atoms with Gasteiger partial charge in [-0.2, -0.15) is 0 Å². The van der Waals surface area contributed by atoms with Crippen molar-refractivity contribution in [1.29, 1.82) is 0 Å². The van der Waals surface area contributed by atoms with E-state index in [0.717, 1.165) is 0 Å². The van der Waals surface area contributed by atoms with Crippen LogP contribution in [-0.2, 0) is 14.4 Å². The van der Waals surface area contributed by atoms with Gasteiger partial charge in [0.05, 0.1) is 0 Å². The number of amides is 1. The second-order valence-electron chi connectivity index (χ2n) is 2.87. The molecular weight excluding hydrogens is 267 g/mol. The van der Waals surface area contributed by atoms with E-state index in [4.69, 9.17) is 10.8 Å². The topological polar surface area (TPSA) is 109 Å². The maximum absolute atomic E-state index is 11.3. The number of hydrogen-bond donors (Lipinski definition) is 3. The monoisotopic (exact) mass is 281 g/mol. The molecule has 4 N–H and O–H groups in total. The van der Waals surface area contributed by atoms with Gasteiger partial charge in [0.2, 0.25) is 0 Å². The Bertz CT molecular complexity index is 247. The third-order valence-electron chi connectivity index (χ3n) is 1.69. The SMILES string of the molecule is N[C@@H](CC[C]=O)C(=O)N[C@@H](C[SeH])C(=O)O. The first-order valence-electron chi connectivity index (χ1n) is 4.27. The minimum atomic E-state index is -1.11. The summed E-state index contributed by atoms with van der Waals surface area (Å²) in [4.78, 5) is 31.8. The van der Waals surface area contributed by atoms with Crippen molar-refractivity contribution < 1.29 is 19.5 Å². The van der Waals surface area contributed by atoms with Gasteiger partial charge in [0, 0.05) is 0 Å². The van der Waals surface area contributed by atoms with Crippen LogP contribution >= 0.6 is 0 Å². The van der Waals surface area contributed by atoms with E-state index in [1.165, 1.54) is 0 Å². The van der Waals surface area contributed by atoms with Gasteiger partial charge in [0.15, 0.2) is 0 Å². The first-order chi connectivity index (χ1) is 7.02. The molecule has 1 amide bonds. The van der Waals surface area contributed by atoms with Gasteiger partial charge in [-0.3, -0.25) is 0 Å². The van der Waals surface area contributed by atoms with Gasteiger partial charge in [-0.1, -0.05) is 0 Å². The van der Waals surface area contributed by atoms with E-state index in [2.05, 4.69) is 21.3 Å². The van der Waals surface area contributed by atoms with Crippen molar-refractivity contribution in [2.45, 2.75) is 30.2 Å². The summed E-state index contributed by atoms with van der Waals surface area (Å²) >= 11 is 2.08. The van der Waals surface area contributed by atoms with E-state index >= 15 is 0 Å². The molecule has 7 heteroatoms. The Morgan fingerprint density at radius 1 is 1.53 bits per heavy atom. The fraction of sp³-hybridized carbons (Fsp3) is 0.625. The third-order valence-corrected chi connectivity index (χ3v) is 2.46. The summed E-state index contributed by atoms with van der Waals surface area (Å²) in [6.07, 6.45) is 1.85. The van der Waals surface area contributed by atoms with Gasteiger partial charge in [0.1, 0.15) is 0 Å². The number of carboxylic acids is 1. The summed E-state index contributed by atoms with van der Waals surface area (Å²) in [5.41, 5.74) is 5.42. The van der Waals surface area contributed by atoms with Gasteiger partial charge in [0.25, 0.3) is 0 Å². The summed E-state index contributed by atoms with van der Waals surface area (Å²) < 4.78 is 0. The van der Waals surface area contributed by atoms with Gasteiger partial charge in [-0.25, -0.2) is 0 Å². The number of carbonyl (C=O) groups excluding carboxylic acids is 2. The molecule has 0 aliphatic carbocycles. The van der Waals surface area contributed by atoms with Crippen molar-refractivity contribution in [1.82, 2.24) is 5.32 Å². The molecule has 15 heavy (non-hydrogen) atoms. The molecule has 1 radical (unpaired) electrons. The predicted molar refractivity (Wildman–Crippen MR) is 54.4 cm³/mol. The molecule has 0 rings (SSSR count). The molecule has 0 aromatic heterocycles. The van der Waals surface area contributed by atoms with Crippen LogP contribution in [0.25, 0.3) is 0 Å². The molecule has 0 unspecified atom stereocenters. The fourth-order valence-electron chi connectivity index (χ4n) is 0.810. The first-order valence-corrected chi connectivity index (χ1v) is 5.60. The number of carboxylic acid groups (broad SMARTS) is 1. The van der Waals surface area contributed by atoms with Crippen molar-refractivity contribution in [3.63, 3.8) is 0 Å². The first kappa shape index (κ1) is 14.1. The second kappa shape index (κ2) is 7.39. The number of nitrogens with one attached hydrogen (secondary N) is 1. The fourth-order valence-corrected chi connectivity index (χ4v) is 1.33. The number of rotatable bonds is 7. The summed E-state index contributed by atoms with van der Waals surface area (Å²) in [7, 11) is 0. The summed E-state index contributed by atoms with van der Waals surface area (Å²) in [5, 5.41) is 11.1. The Labute approximate surface area is 95.4 Å². The van der Waals surface area contributed by atoms with Crippen molar-refractivity contribution >= 4 is 34.2 Å². The third kappa shape index (κ3) is 5.51. The molecule has 0 aromatic carbocycles. The van der Waals surface area contributed by atoms with Crippen LogP contribution in [-0.4, -0.2) is 51.4 Å². The van der Waals surface area contributed by atoms with E-state index < -0.39 is 24.0 Å². The van der Waals surface area contributed by atoms with E-state index in [9.17, 15) is 14.4 Å². The van der Waals surface area contributed by atoms with Crippen LogP contribution in [0.1, 0.15) is 12.8 Å². The minimum absolute atomic E-state index is 0.0640. The average Bonchev–Trinajstić information content (AvgIpc) is 2.21. The van der Waals surface area contributed by atoms with Crippen LogP contribution in [0, 0.1) is 0 Å². The molecule has 2 atom stereocenters. The molecule has 0 spiro atoms. The molecule has 0 fully saturated rings. The molecule has 0 aromatic rings. The molecule has 6 nitrogen and oxygen atoms in total. The van der Waals surface area contributed by atoms with Crippen LogP contribution < -0.4 is 11.1 Å². The molecule has 0 aliphatic heterocycles. The van der Waals surface area contributed by atoms with Crippen LogP contribution in [0.15, 0.2) is 0 Å². The Hall–Kier alpha value is -0.911. The number of carbonyl (C=O) groups is 2. The number of aliphatic carboxylic acids is 1. The van der Waals surface area contributed by atoms with Crippen molar-refractivity contribution in [2.24, 2.45) is 5.73 Å². The summed E-state index contributed by atoms with van der Waals surface area (Å²) in [5.74, 6) is -1.68. The van der Waals surface area contributed by atoms with Crippen molar-refractivity contribution in [2.75, 3.05) is 0 Å². The normalized spacial score (nSPS) is 14.0. The van der Waals surface area contributed by atoms with Gasteiger partial charge >= 0.3 is 95.0 Å². The number of nitrogens with two attached hydrogens (primary N) is 1. The molecule has 85 valence electrons. The second-order valence-corrected chi connectivity index (χ2v) is 3.64. The molecule has 0 heterocycles. The van der Waals surface area contributed by atoms with E-state index in [0.29, 0.717) is 0 Å². The molecule has 0 saturated carbocycles. The quantitative estimate of drug-likeness (QED) is 0.471. The Kier molecular flexibility index (Phi) is 6.94. The van der Waals surface area contributed by atoms with Crippen LogP contribution in [0.2, 0.25) is 5.32 Å². The summed E-state index contributed by atoms with van der Waals surface area (Å²) in [6.45, 7) is 0. The van der Waals surface area contributed by atoms with Crippen LogP contribution in [0.5, 0.6) is 0 Å². The molecule has 0 bridgehead atoms. The molecular formula is C8H13N2O4Se. The standard InChI is InChI=1S/C8H13N2O4Se/c9-5(2-1-3-11)7(12)10-6(4-15)8(13)14/h5-6,15H,1-2,4,9H2,(H,10,12)(H,13,14)/t5-,6-/m0/s1. The van der Waals surface area contributed by atoms with E-state index in [1.807, 2.05) is 0 Å². The summed E-state index contributed by atoms with van der Waals surface area (Å²) in [6, 6.07) is -1.82. The van der Waals surface area contributed by atoms with Crippen LogP contribution in [0.3, 0.4) is 0 Å². The molecule has 0 aliphatic rings. The van der Waals surface area contributed by atoms with E-state index in [1.54, 1.807) is 6.29 Å². The van der Waals surface area contributed by atoms with Crippen molar-refractivity contribution in [3.05, 3.63) is 0 Å². The Morgan fingerprint density at radius 3 is 2.53 bits per heavy atom. The van der Waals surface area contributed by atoms with Gasteiger partial charge in [-0.05, 0) is 0 Å². The maximum atomic E-state index is 11.3.